The molecule has 2 fully saturated rings. The van der Waals surface area contributed by atoms with Gasteiger partial charge in [0.1, 0.15) is 0 Å². The lowest BCUT2D eigenvalue weighted by Crippen LogP contribution is -2.64. The van der Waals surface area contributed by atoms with E-state index in [9.17, 15) is 9.90 Å². The Bertz CT molecular complexity index is 344. The summed E-state index contributed by atoms with van der Waals surface area (Å²) in [5.74, 6) is 0.625. The Balaban J connectivity index is 1.76. The summed E-state index contributed by atoms with van der Waals surface area (Å²) < 4.78 is 0. The second kappa shape index (κ2) is 5.02. The van der Waals surface area contributed by atoms with Gasteiger partial charge in [-0.1, -0.05) is 12.2 Å². The molecule has 0 spiro atoms. The third kappa shape index (κ3) is 2.93. The zero-order valence-corrected chi connectivity index (χ0v) is 11.5. The van der Waals surface area contributed by atoms with Crippen LogP contribution in [0.2, 0.25) is 0 Å². The predicted octanol–water partition coefficient (Wildman–Crippen LogP) is 0.868. The van der Waals surface area contributed by atoms with E-state index < -0.39 is 5.60 Å². The highest BCUT2D eigenvalue weighted by Crippen LogP contribution is 2.44. The molecule has 4 nitrogen and oxygen atoms in total. The van der Waals surface area contributed by atoms with Crippen molar-refractivity contribution in [2.75, 3.05) is 32.7 Å². The van der Waals surface area contributed by atoms with Gasteiger partial charge in [0.2, 0.25) is 5.91 Å². The lowest BCUT2D eigenvalue weighted by atomic mass is 9.89. The van der Waals surface area contributed by atoms with Crippen LogP contribution in [0.25, 0.3) is 0 Å². The van der Waals surface area contributed by atoms with Gasteiger partial charge in [0.05, 0.1) is 12.1 Å². The van der Waals surface area contributed by atoms with Gasteiger partial charge in [0.15, 0.2) is 0 Å². The van der Waals surface area contributed by atoms with Gasteiger partial charge in [-0.15, -0.1) is 0 Å². The molecule has 0 atom stereocenters. The number of hydrogen-bond donors (Lipinski definition) is 1. The summed E-state index contributed by atoms with van der Waals surface area (Å²) in [7, 11) is 0. The number of rotatable bonds is 6. The van der Waals surface area contributed by atoms with Crippen molar-refractivity contribution in [3.8, 4) is 0 Å². The molecule has 1 amide bonds. The molecular formula is C14H24N2O2. The minimum atomic E-state index is -0.494. The SMILES string of the molecule is C=C(C)CN(CC)C(=O)CN1CC(O)(C2CC2)C1. The molecule has 0 aromatic rings. The highest BCUT2D eigenvalue weighted by Gasteiger charge is 2.52. The maximum atomic E-state index is 12.1. The van der Waals surface area contributed by atoms with Crippen LogP contribution in [-0.4, -0.2) is 59.1 Å². The van der Waals surface area contributed by atoms with Crippen molar-refractivity contribution in [3.05, 3.63) is 12.2 Å². The first-order chi connectivity index (χ1) is 8.44. The fraction of sp³-hybridized carbons (Fsp3) is 0.786. The molecule has 1 saturated heterocycles. The zero-order chi connectivity index (χ0) is 13.3. The Morgan fingerprint density at radius 3 is 2.56 bits per heavy atom. The molecule has 1 saturated carbocycles. The van der Waals surface area contributed by atoms with Crippen molar-refractivity contribution in [2.45, 2.75) is 32.3 Å². The van der Waals surface area contributed by atoms with Gasteiger partial charge < -0.3 is 10.0 Å². The van der Waals surface area contributed by atoms with Gasteiger partial charge in [-0.3, -0.25) is 9.69 Å². The van der Waals surface area contributed by atoms with Gasteiger partial charge in [-0.2, -0.15) is 0 Å². The van der Waals surface area contributed by atoms with Crippen LogP contribution in [0, 0.1) is 5.92 Å². The van der Waals surface area contributed by atoms with Crippen molar-refractivity contribution in [1.82, 2.24) is 9.80 Å². The van der Waals surface area contributed by atoms with E-state index in [4.69, 9.17) is 0 Å². The lowest BCUT2D eigenvalue weighted by Gasteiger charge is -2.47. The fourth-order valence-electron chi connectivity index (χ4n) is 2.71. The van der Waals surface area contributed by atoms with Crippen LogP contribution in [0.4, 0.5) is 0 Å². The zero-order valence-electron chi connectivity index (χ0n) is 11.5. The Kier molecular flexibility index (Phi) is 3.78. The molecule has 0 unspecified atom stereocenters. The number of likely N-dealkylation sites (N-methyl/N-ethyl adjacent to an activating group) is 1. The van der Waals surface area contributed by atoms with E-state index in [-0.39, 0.29) is 5.91 Å². The molecule has 1 aliphatic heterocycles. The van der Waals surface area contributed by atoms with Gasteiger partial charge in [0, 0.05) is 26.2 Å². The monoisotopic (exact) mass is 252 g/mol. The average Bonchev–Trinajstić information content (AvgIpc) is 3.06. The molecule has 102 valence electrons. The molecule has 0 bridgehead atoms. The molecule has 1 heterocycles. The maximum Gasteiger partial charge on any atom is 0.237 e. The Labute approximate surface area is 109 Å². The second-order valence-corrected chi connectivity index (χ2v) is 5.89. The number of β-amino-alcohol motifs (C(OH)–C–C–N with tert-alkyl or cyclic N) is 1. The summed E-state index contributed by atoms with van der Waals surface area (Å²) >= 11 is 0. The molecule has 18 heavy (non-hydrogen) atoms. The molecule has 0 radical (unpaired) electrons. The predicted molar refractivity (Wildman–Crippen MR) is 71.2 cm³/mol. The van der Waals surface area contributed by atoms with Crippen LogP contribution in [-0.2, 0) is 4.79 Å². The summed E-state index contributed by atoms with van der Waals surface area (Å²) in [6.45, 7) is 10.9. The first-order valence-electron chi connectivity index (χ1n) is 6.81. The van der Waals surface area contributed by atoms with Crippen molar-refractivity contribution < 1.29 is 9.90 Å². The van der Waals surface area contributed by atoms with Crippen molar-refractivity contribution in [3.63, 3.8) is 0 Å². The number of carbonyl (C=O) groups is 1. The van der Waals surface area contributed by atoms with Gasteiger partial charge in [-0.05, 0) is 32.6 Å². The largest absolute Gasteiger partial charge is 0.387 e. The summed E-state index contributed by atoms with van der Waals surface area (Å²) in [5, 5.41) is 10.2. The Hall–Kier alpha value is -0.870. The maximum absolute atomic E-state index is 12.1. The molecule has 4 heteroatoms. The summed E-state index contributed by atoms with van der Waals surface area (Å²) in [6.07, 6.45) is 2.30. The van der Waals surface area contributed by atoms with E-state index in [2.05, 4.69) is 6.58 Å². The molecular weight excluding hydrogens is 228 g/mol. The van der Waals surface area contributed by atoms with E-state index in [1.807, 2.05) is 23.6 Å². The summed E-state index contributed by atoms with van der Waals surface area (Å²) in [5.41, 5.74) is 0.509. The Morgan fingerprint density at radius 1 is 1.50 bits per heavy atom. The van der Waals surface area contributed by atoms with E-state index >= 15 is 0 Å². The summed E-state index contributed by atoms with van der Waals surface area (Å²) in [4.78, 5) is 15.9. The third-order valence-electron chi connectivity index (χ3n) is 3.89. The van der Waals surface area contributed by atoms with E-state index in [0.717, 1.165) is 18.4 Å². The number of aliphatic hydroxyl groups is 1. The van der Waals surface area contributed by atoms with Gasteiger partial charge in [-0.25, -0.2) is 0 Å². The fourth-order valence-corrected chi connectivity index (χ4v) is 2.71. The minimum Gasteiger partial charge on any atom is -0.387 e. The number of hydrogen-bond acceptors (Lipinski definition) is 3. The van der Waals surface area contributed by atoms with Gasteiger partial charge in [0.25, 0.3) is 0 Å². The minimum absolute atomic E-state index is 0.137. The lowest BCUT2D eigenvalue weighted by molar-refractivity contribution is -0.144. The second-order valence-electron chi connectivity index (χ2n) is 5.89. The van der Waals surface area contributed by atoms with Crippen LogP contribution in [0.15, 0.2) is 12.2 Å². The molecule has 1 aliphatic carbocycles. The van der Waals surface area contributed by atoms with Crippen LogP contribution in [0.5, 0.6) is 0 Å². The molecule has 2 rings (SSSR count). The number of carbonyl (C=O) groups excluding carboxylic acids is 1. The molecule has 0 aromatic heterocycles. The van der Waals surface area contributed by atoms with Crippen LogP contribution >= 0.6 is 0 Å². The Morgan fingerprint density at radius 2 is 2.11 bits per heavy atom. The molecule has 2 aliphatic rings. The van der Waals surface area contributed by atoms with E-state index in [0.29, 0.717) is 38.6 Å². The quantitative estimate of drug-likeness (QED) is 0.713. The molecule has 0 aromatic carbocycles. The third-order valence-corrected chi connectivity index (χ3v) is 3.89. The highest BCUT2D eigenvalue weighted by molar-refractivity contribution is 5.78. The van der Waals surface area contributed by atoms with Gasteiger partial charge >= 0.3 is 0 Å². The number of likely N-dealkylation sites (tertiary alicyclic amines) is 1. The highest BCUT2D eigenvalue weighted by atomic mass is 16.3. The van der Waals surface area contributed by atoms with Crippen molar-refractivity contribution in [2.24, 2.45) is 5.92 Å². The van der Waals surface area contributed by atoms with Crippen molar-refractivity contribution >= 4 is 5.91 Å². The van der Waals surface area contributed by atoms with Crippen LogP contribution in [0.1, 0.15) is 26.7 Å². The topological polar surface area (TPSA) is 43.8 Å². The molecule has 1 N–H and O–H groups in total. The number of nitrogens with zero attached hydrogens (tertiary/aromatic N) is 2. The average molecular weight is 252 g/mol. The number of amides is 1. The normalized spacial score (nSPS) is 22.4. The smallest absolute Gasteiger partial charge is 0.237 e. The van der Waals surface area contributed by atoms with E-state index in [1.165, 1.54) is 0 Å². The van der Waals surface area contributed by atoms with Crippen LogP contribution < -0.4 is 0 Å². The summed E-state index contributed by atoms with van der Waals surface area (Å²) in [6, 6.07) is 0. The van der Waals surface area contributed by atoms with Crippen LogP contribution in [0.3, 0.4) is 0 Å². The first-order valence-corrected chi connectivity index (χ1v) is 6.81. The van der Waals surface area contributed by atoms with E-state index in [1.54, 1.807) is 0 Å². The first kappa shape index (κ1) is 13.6. The standard InChI is InChI=1S/C14H24N2O2/c1-4-16(7-11(2)3)13(17)8-15-9-14(18,10-15)12-5-6-12/h12,18H,2,4-10H2,1,3H3. The van der Waals surface area contributed by atoms with Crippen molar-refractivity contribution in [1.29, 1.82) is 0 Å².